The molecule has 2 rings (SSSR count). The van der Waals surface area contributed by atoms with Crippen molar-refractivity contribution in [2.45, 2.75) is 38.9 Å². The molecule has 1 aromatic rings. The van der Waals surface area contributed by atoms with E-state index in [1.807, 2.05) is 13.8 Å². The van der Waals surface area contributed by atoms with E-state index in [0.717, 1.165) is 19.4 Å². The van der Waals surface area contributed by atoms with E-state index in [1.54, 1.807) is 0 Å². The zero-order valence-corrected chi connectivity index (χ0v) is 13.1. The highest BCUT2D eigenvalue weighted by molar-refractivity contribution is 5.82. The number of hydrogen-bond acceptors (Lipinski definition) is 6. The van der Waals surface area contributed by atoms with Crippen molar-refractivity contribution < 1.29 is 24.6 Å². The van der Waals surface area contributed by atoms with E-state index in [9.17, 15) is 19.8 Å². The lowest BCUT2D eigenvalue weighted by atomic mass is 10.1. The average Bonchev–Trinajstić information content (AvgIpc) is 3.12. The molecule has 2 atom stereocenters. The normalized spacial score (nSPS) is 18.7. The van der Waals surface area contributed by atoms with E-state index < -0.39 is 24.0 Å². The highest BCUT2D eigenvalue weighted by atomic mass is 16.7. The summed E-state index contributed by atoms with van der Waals surface area (Å²) in [5.74, 6) is -1.11. The molecule has 1 unspecified atom stereocenters. The van der Waals surface area contributed by atoms with Gasteiger partial charge in [-0.1, -0.05) is 13.8 Å². The van der Waals surface area contributed by atoms with E-state index in [4.69, 9.17) is 4.84 Å². The number of amides is 2. The highest BCUT2D eigenvalue weighted by Crippen LogP contribution is 2.18. The lowest BCUT2D eigenvalue weighted by Gasteiger charge is -2.24. The summed E-state index contributed by atoms with van der Waals surface area (Å²) >= 11 is 0. The summed E-state index contributed by atoms with van der Waals surface area (Å²) in [7, 11) is 0. The monoisotopic (exact) mass is 326 g/mol. The second kappa shape index (κ2) is 7.23. The van der Waals surface area contributed by atoms with E-state index in [2.05, 4.69) is 16.0 Å². The molecule has 9 heteroatoms. The maximum Gasteiger partial charge on any atom is 0.433 e. The van der Waals surface area contributed by atoms with Crippen LogP contribution < -0.4 is 20.8 Å². The van der Waals surface area contributed by atoms with Gasteiger partial charge in [-0.2, -0.15) is 0 Å². The lowest BCUT2D eigenvalue weighted by molar-refractivity contribution is -0.124. The number of hydrogen-bond donors (Lipinski definition) is 5. The minimum atomic E-state index is -0.912. The van der Waals surface area contributed by atoms with Gasteiger partial charge in [0.25, 0.3) is 0 Å². The van der Waals surface area contributed by atoms with Crippen molar-refractivity contribution in [3.05, 3.63) is 12.1 Å². The van der Waals surface area contributed by atoms with Gasteiger partial charge >= 0.3 is 6.09 Å². The van der Waals surface area contributed by atoms with Crippen LogP contribution in [0, 0.1) is 5.92 Å². The first-order valence-electron chi connectivity index (χ1n) is 7.50. The fourth-order valence-electron chi connectivity index (χ4n) is 2.26. The van der Waals surface area contributed by atoms with Gasteiger partial charge in [0.05, 0.1) is 6.04 Å². The van der Waals surface area contributed by atoms with Gasteiger partial charge in [-0.15, -0.1) is 4.73 Å². The summed E-state index contributed by atoms with van der Waals surface area (Å²) in [5.41, 5.74) is 0. The Balaban J connectivity index is 1.93. The number of rotatable bonds is 5. The summed E-state index contributed by atoms with van der Waals surface area (Å²) in [4.78, 5) is 28.8. The van der Waals surface area contributed by atoms with Crippen LogP contribution in [0.5, 0.6) is 11.8 Å². The SMILES string of the molecule is CC(C)[C@@H](NC(=O)On1c(O)ccc1O)NC(=O)C1CCCN1. The van der Waals surface area contributed by atoms with Crippen molar-refractivity contribution in [1.29, 1.82) is 0 Å². The number of nitrogens with one attached hydrogen (secondary N) is 3. The van der Waals surface area contributed by atoms with Crippen LogP contribution in [-0.2, 0) is 4.79 Å². The van der Waals surface area contributed by atoms with Gasteiger partial charge in [0.2, 0.25) is 17.7 Å². The Labute approximate surface area is 133 Å². The van der Waals surface area contributed by atoms with Crippen molar-refractivity contribution in [1.82, 2.24) is 20.7 Å². The van der Waals surface area contributed by atoms with Gasteiger partial charge in [-0.05, 0) is 25.3 Å². The number of aromatic nitrogens is 1. The molecule has 128 valence electrons. The Hall–Kier alpha value is -2.42. The largest absolute Gasteiger partial charge is 0.492 e. The molecule has 1 fully saturated rings. The molecule has 1 saturated heterocycles. The average molecular weight is 326 g/mol. The summed E-state index contributed by atoms with van der Waals surface area (Å²) in [5, 5.41) is 27.2. The van der Waals surface area contributed by atoms with Crippen molar-refractivity contribution in [3.8, 4) is 11.8 Å². The van der Waals surface area contributed by atoms with Crippen LogP contribution >= 0.6 is 0 Å². The Morgan fingerprint density at radius 1 is 1.30 bits per heavy atom. The Kier molecular flexibility index (Phi) is 5.32. The van der Waals surface area contributed by atoms with Crippen molar-refractivity contribution in [2.24, 2.45) is 5.92 Å². The van der Waals surface area contributed by atoms with Gasteiger partial charge < -0.3 is 25.7 Å². The molecule has 0 aromatic carbocycles. The van der Waals surface area contributed by atoms with Crippen LogP contribution in [0.3, 0.4) is 0 Å². The van der Waals surface area contributed by atoms with Crippen LogP contribution in [0.1, 0.15) is 26.7 Å². The molecule has 5 N–H and O–H groups in total. The number of aromatic hydroxyl groups is 2. The van der Waals surface area contributed by atoms with Crippen LogP contribution in [-0.4, -0.2) is 45.7 Å². The van der Waals surface area contributed by atoms with E-state index >= 15 is 0 Å². The highest BCUT2D eigenvalue weighted by Gasteiger charge is 2.27. The molecule has 0 bridgehead atoms. The predicted octanol–water partition coefficient (Wildman–Crippen LogP) is -0.112. The van der Waals surface area contributed by atoms with Crippen LogP contribution in [0.25, 0.3) is 0 Å². The molecule has 0 radical (unpaired) electrons. The first kappa shape index (κ1) is 16.9. The third-order valence-corrected chi connectivity index (χ3v) is 3.59. The zero-order valence-electron chi connectivity index (χ0n) is 13.1. The minimum absolute atomic E-state index is 0.0836. The molecular weight excluding hydrogens is 304 g/mol. The molecule has 23 heavy (non-hydrogen) atoms. The number of carbonyl (C=O) groups is 2. The molecular formula is C14H22N4O5. The van der Waals surface area contributed by atoms with Crippen molar-refractivity contribution in [3.63, 3.8) is 0 Å². The zero-order chi connectivity index (χ0) is 17.0. The minimum Gasteiger partial charge on any atom is -0.492 e. The fraction of sp³-hybridized carbons (Fsp3) is 0.571. The summed E-state index contributed by atoms with van der Waals surface area (Å²) in [6, 6.07) is 2.10. The Morgan fingerprint density at radius 3 is 2.48 bits per heavy atom. The van der Waals surface area contributed by atoms with Crippen LogP contribution in [0.15, 0.2) is 12.1 Å². The third kappa shape index (κ3) is 4.28. The lowest BCUT2D eigenvalue weighted by Crippen LogP contribution is -2.55. The first-order chi connectivity index (χ1) is 10.9. The maximum absolute atomic E-state index is 12.1. The van der Waals surface area contributed by atoms with Gasteiger partial charge in [0.15, 0.2) is 0 Å². The number of carbonyl (C=O) groups excluding carboxylic acids is 2. The second-order valence-corrected chi connectivity index (χ2v) is 5.75. The third-order valence-electron chi connectivity index (χ3n) is 3.59. The Bertz CT molecular complexity index is 546. The summed E-state index contributed by atoms with van der Waals surface area (Å²) in [6.07, 6.45) is 0.139. The maximum atomic E-state index is 12.1. The van der Waals surface area contributed by atoms with Crippen LogP contribution in [0.4, 0.5) is 4.79 Å². The molecule has 9 nitrogen and oxygen atoms in total. The summed E-state index contributed by atoms with van der Waals surface area (Å²) < 4.78 is 0.576. The van der Waals surface area contributed by atoms with Gasteiger partial charge in [-0.25, -0.2) is 4.79 Å². The predicted molar refractivity (Wildman–Crippen MR) is 80.7 cm³/mol. The van der Waals surface area contributed by atoms with Crippen molar-refractivity contribution >= 4 is 12.0 Å². The number of nitrogens with zero attached hydrogens (tertiary/aromatic N) is 1. The van der Waals surface area contributed by atoms with Crippen molar-refractivity contribution in [2.75, 3.05) is 6.54 Å². The summed E-state index contributed by atoms with van der Waals surface area (Å²) in [6.45, 7) is 4.46. The van der Waals surface area contributed by atoms with E-state index in [-0.39, 0.29) is 17.9 Å². The Morgan fingerprint density at radius 2 is 1.96 bits per heavy atom. The molecule has 2 heterocycles. The molecule has 0 aliphatic carbocycles. The standard InChI is InChI=1S/C14H22N4O5/c1-8(2)12(16-13(21)9-4-3-7-15-9)17-14(22)23-18-10(19)5-6-11(18)20/h5-6,8-9,12,15,19-20H,3-4,7H2,1-2H3,(H,16,21)(H,17,22)/t9?,12-/m1/s1. The smallest absolute Gasteiger partial charge is 0.433 e. The fourth-order valence-corrected chi connectivity index (χ4v) is 2.26. The second-order valence-electron chi connectivity index (χ2n) is 5.75. The van der Waals surface area contributed by atoms with E-state index in [1.165, 1.54) is 12.1 Å². The van der Waals surface area contributed by atoms with Gasteiger partial charge in [0.1, 0.15) is 6.17 Å². The topological polar surface area (TPSA) is 125 Å². The van der Waals surface area contributed by atoms with Gasteiger partial charge in [-0.3, -0.25) is 10.1 Å². The van der Waals surface area contributed by atoms with E-state index in [0.29, 0.717) is 4.73 Å². The molecule has 2 amide bonds. The van der Waals surface area contributed by atoms with Crippen LogP contribution in [0.2, 0.25) is 0 Å². The molecule has 0 spiro atoms. The molecule has 0 saturated carbocycles. The quantitative estimate of drug-likeness (QED) is 0.481. The molecule has 1 aliphatic rings. The first-order valence-corrected chi connectivity index (χ1v) is 7.50. The molecule has 1 aromatic heterocycles. The molecule has 1 aliphatic heterocycles. The van der Waals surface area contributed by atoms with Gasteiger partial charge in [0, 0.05) is 12.1 Å².